The van der Waals surface area contributed by atoms with Crippen molar-refractivity contribution in [2.75, 3.05) is 25.0 Å². The summed E-state index contributed by atoms with van der Waals surface area (Å²) in [5.74, 6) is -1.92. The minimum atomic E-state index is -3.62. The number of allylic oxidation sites excluding steroid dienone is 2. The van der Waals surface area contributed by atoms with E-state index in [-0.39, 0.29) is 35.1 Å². The fourth-order valence-corrected chi connectivity index (χ4v) is 5.92. The predicted molar refractivity (Wildman–Crippen MR) is 110 cm³/mol. The van der Waals surface area contributed by atoms with Crippen LogP contribution >= 0.6 is 0 Å². The lowest BCUT2D eigenvalue weighted by Crippen LogP contribution is -2.38. The van der Waals surface area contributed by atoms with Crippen molar-refractivity contribution in [2.45, 2.75) is 37.0 Å². The summed E-state index contributed by atoms with van der Waals surface area (Å²) in [4.78, 5) is 38.6. The Morgan fingerprint density at radius 1 is 1.00 bits per heavy atom. The van der Waals surface area contributed by atoms with Gasteiger partial charge in [0.1, 0.15) is 6.54 Å². The Morgan fingerprint density at radius 3 is 2.27 bits per heavy atom. The molecule has 30 heavy (non-hydrogen) atoms. The summed E-state index contributed by atoms with van der Waals surface area (Å²) in [5.41, 5.74) is 0.316. The number of nitrogens with one attached hydrogen (secondary N) is 1. The first-order valence-electron chi connectivity index (χ1n) is 10.3. The average molecular weight is 432 g/mol. The molecule has 4 rings (SSSR count). The van der Waals surface area contributed by atoms with Crippen LogP contribution in [-0.4, -0.2) is 55.0 Å². The Labute approximate surface area is 176 Å². The number of hydrogen-bond donors (Lipinski definition) is 1. The molecule has 0 unspecified atom stereocenters. The van der Waals surface area contributed by atoms with Crippen LogP contribution < -0.4 is 5.32 Å². The van der Waals surface area contributed by atoms with Crippen LogP contribution in [0, 0.1) is 11.8 Å². The molecule has 2 saturated heterocycles. The number of amides is 3. The second-order valence-electron chi connectivity index (χ2n) is 7.96. The summed E-state index contributed by atoms with van der Waals surface area (Å²) in [6, 6.07) is 6.08. The third-order valence-corrected chi connectivity index (χ3v) is 7.87. The van der Waals surface area contributed by atoms with Crippen molar-refractivity contribution in [3.8, 4) is 0 Å². The number of anilines is 1. The summed E-state index contributed by atoms with van der Waals surface area (Å²) in [7, 11) is -3.62. The van der Waals surface area contributed by atoms with Gasteiger partial charge in [-0.1, -0.05) is 24.6 Å². The monoisotopic (exact) mass is 431 g/mol. The molecule has 1 aromatic rings. The molecular formula is C21H25N3O5S. The Hall–Kier alpha value is -2.52. The molecule has 9 heteroatoms. The van der Waals surface area contributed by atoms with Gasteiger partial charge in [0.15, 0.2) is 0 Å². The Kier molecular flexibility index (Phi) is 5.75. The molecule has 160 valence electrons. The van der Waals surface area contributed by atoms with Gasteiger partial charge in [-0.3, -0.25) is 19.3 Å². The number of carbonyl (C=O) groups is 3. The molecule has 2 aliphatic heterocycles. The third kappa shape index (κ3) is 3.91. The first kappa shape index (κ1) is 20.7. The number of likely N-dealkylation sites (tertiary alicyclic amines) is 1. The lowest BCUT2D eigenvalue weighted by Gasteiger charge is -2.26. The number of benzene rings is 1. The molecule has 8 nitrogen and oxygen atoms in total. The predicted octanol–water partition coefficient (Wildman–Crippen LogP) is 1.75. The smallest absolute Gasteiger partial charge is 0.244 e. The Bertz CT molecular complexity index is 972. The van der Waals surface area contributed by atoms with Crippen LogP contribution in [0.1, 0.15) is 32.1 Å². The van der Waals surface area contributed by atoms with Crippen LogP contribution in [0.4, 0.5) is 5.69 Å². The van der Waals surface area contributed by atoms with Crippen molar-refractivity contribution in [3.05, 3.63) is 36.4 Å². The SMILES string of the molecule is O=C(CN1C(=O)[C@H]2CC=CC[C@H]2C1=O)Nc1cccc(S(=O)(=O)N2CCCCC2)c1. The van der Waals surface area contributed by atoms with E-state index in [4.69, 9.17) is 0 Å². The molecular weight excluding hydrogens is 406 g/mol. The summed E-state index contributed by atoms with van der Waals surface area (Å²) < 4.78 is 27.2. The van der Waals surface area contributed by atoms with Crippen LogP contribution in [0.15, 0.2) is 41.3 Å². The second-order valence-corrected chi connectivity index (χ2v) is 9.90. The number of hydrogen-bond acceptors (Lipinski definition) is 5. The zero-order valence-corrected chi connectivity index (χ0v) is 17.4. The lowest BCUT2D eigenvalue weighted by atomic mass is 9.85. The molecule has 1 N–H and O–H groups in total. The molecule has 0 radical (unpaired) electrons. The molecule has 1 aromatic carbocycles. The van der Waals surface area contributed by atoms with Crippen LogP contribution in [0.2, 0.25) is 0 Å². The van der Waals surface area contributed by atoms with Crippen LogP contribution in [0.3, 0.4) is 0 Å². The fraction of sp³-hybridized carbons (Fsp3) is 0.476. The maximum Gasteiger partial charge on any atom is 0.244 e. The minimum Gasteiger partial charge on any atom is -0.324 e. The van der Waals surface area contributed by atoms with Crippen LogP contribution in [0.25, 0.3) is 0 Å². The highest BCUT2D eigenvalue weighted by Gasteiger charge is 2.47. The normalized spacial score (nSPS) is 24.7. The molecule has 3 aliphatic rings. The van der Waals surface area contributed by atoms with Crippen molar-refractivity contribution >= 4 is 33.4 Å². The second kappa shape index (κ2) is 8.31. The zero-order valence-electron chi connectivity index (χ0n) is 16.6. The maximum atomic E-state index is 12.8. The van der Waals surface area contributed by atoms with E-state index >= 15 is 0 Å². The van der Waals surface area contributed by atoms with Gasteiger partial charge in [0, 0.05) is 18.8 Å². The quantitative estimate of drug-likeness (QED) is 0.565. The van der Waals surface area contributed by atoms with Gasteiger partial charge in [-0.25, -0.2) is 8.42 Å². The standard InChI is InChI=1S/C21H25N3O5S/c25-19(14-24-20(26)17-9-2-3-10-18(17)21(24)27)22-15-7-6-8-16(13-15)30(28,29)23-11-4-1-5-12-23/h2-3,6-8,13,17-18H,1,4-5,9-12,14H2,(H,22,25)/t17-,18+. The summed E-state index contributed by atoms with van der Waals surface area (Å²) in [6.07, 6.45) is 7.52. The highest BCUT2D eigenvalue weighted by Crippen LogP contribution is 2.34. The molecule has 3 amide bonds. The van der Waals surface area contributed by atoms with Crippen molar-refractivity contribution in [2.24, 2.45) is 11.8 Å². The van der Waals surface area contributed by atoms with Crippen LogP contribution in [0.5, 0.6) is 0 Å². The van der Waals surface area contributed by atoms with Crippen LogP contribution in [-0.2, 0) is 24.4 Å². The first-order valence-corrected chi connectivity index (χ1v) is 11.7. The number of fused-ring (bicyclic) bond motifs is 1. The average Bonchev–Trinajstić information content (AvgIpc) is 2.99. The molecule has 1 aliphatic carbocycles. The van der Waals surface area contributed by atoms with Crippen molar-refractivity contribution < 1.29 is 22.8 Å². The topological polar surface area (TPSA) is 104 Å². The lowest BCUT2D eigenvalue weighted by molar-refractivity contribution is -0.142. The highest BCUT2D eigenvalue weighted by molar-refractivity contribution is 7.89. The highest BCUT2D eigenvalue weighted by atomic mass is 32.2. The summed E-state index contributed by atoms with van der Waals surface area (Å²) >= 11 is 0. The van der Waals surface area contributed by atoms with E-state index in [0.717, 1.165) is 24.2 Å². The molecule has 2 heterocycles. The Morgan fingerprint density at radius 2 is 1.63 bits per heavy atom. The van der Waals surface area contributed by atoms with Crippen molar-refractivity contribution in [1.29, 1.82) is 0 Å². The number of piperidine rings is 1. The molecule has 0 bridgehead atoms. The fourth-order valence-electron chi connectivity index (χ4n) is 4.36. The van der Waals surface area contributed by atoms with Gasteiger partial charge >= 0.3 is 0 Å². The summed E-state index contributed by atoms with van der Waals surface area (Å²) in [5, 5.41) is 2.62. The number of nitrogens with zero attached hydrogens (tertiary/aromatic N) is 2. The van der Waals surface area contributed by atoms with Gasteiger partial charge in [0.25, 0.3) is 0 Å². The van der Waals surface area contributed by atoms with E-state index in [1.165, 1.54) is 16.4 Å². The Balaban J connectivity index is 1.43. The van der Waals surface area contributed by atoms with Crippen molar-refractivity contribution in [3.63, 3.8) is 0 Å². The largest absolute Gasteiger partial charge is 0.324 e. The zero-order chi connectivity index (χ0) is 21.3. The third-order valence-electron chi connectivity index (χ3n) is 5.97. The number of carbonyl (C=O) groups excluding carboxylic acids is 3. The van der Waals surface area contributed by atoms with Gasteiger partial charge in [-0.2, -0.15) is 4.31 Å². The van der Waals surface area contributed by atoms with Gasteiger partial charge in [-0.05, 0) is 43.9 Å². The van der Waals surface area contributed by atoms with Gasteiger partial charge in [-0.15, -0.1) is 0 Å². The van der Waals surface area contributed by atoms with E-state index in [9.17, 15) is 22.8 Å². The molecule has 2 fully saturated rings. The maximum absolute atomic E-state index is 12.8. The number of rotatable bonds is 5. The molecule has 0 spiro atoms. The molecule has 2 atom stereocenters. The van der Waals surface area contributed by atoms with Gasteiger partial charge < -0.3 is 5.32 Å². The minimum absolute atomic E-state index is 0.118. The van der Waals surface area contributed by atoms with Crippen molar-refractivity contribution in [1.82, 2.24) is 9.21 Å². The van der Waals surface area contributed by atoms with E-state index in [1.807, 2.05) is 12.2 Å². The van der Waals surface area contributed by atoms with E-state index in [1.54, 1.807) is 12.1 Å². The van der Waals surface area contributed by atoms with Gasteiger partial charge in [0.05, 0.1) is 16.7 Å². The van der Waals surface area contributed by atoms with E-state index < -0.39 is 15.9 Å². The van der Waals surface area contributed by atoms with E-state index in [0.29, 0.717) is 31.6 Å². The molecule has 0 saturated carbocycles. The van der Waals surface area contributed by atoms with E-state index in [2.05, 4.69) is 5.32 Å². The first-order chi connectivity index (χ1) is 14.4. The molecule has 0 aromatic heterocycles. The number of imide groups is 1. The summed E-state index contributed by atoms with van der Waals surface area (Å²) in [6.45, 7) is 0.623. The number of sulfonamides is 1. The van der Waals surface area contributed by atoms with Gasteiger partial charge in [0.2, 0.25) is 27.7 Å².